The van der Waals surface area contributed by atoms with E-state index in [1.807, 2.05) is 30.3 Å². The predicted octanol–water partition coefficient (Wildman–Crippen LogP) is 3.86. The van der Waals surface area contributed by atoms with Crippen LogP contribution in [0, 0.1) is 5.92 Å². The zero-order chi connectivity index (χ0) is 14.8. The lowest BCUT2D eigenvalue weighted by molar-refractivity contribution is 0.585. The lowest BCUT2D eigenvalue weighted by Gasteiger charge is -2.20. The van der Waals surface area contributed by atoms with Crippen molar-refractivity contribution >= 4 is 33.9 Å². The third-order valence-corrected chi connectivity index (χ3v) is 4.36. The Morgan fingerprint density at radius 1 is 1.43 bits per heavy atom. The van der Waals surface area contributed by atoms with Crippen LogP contribution in [0.1, 0.15) is 38.2 Å². The summed E-state index contributed by atoms with van der Waals surface area (Å²) < 4.78 is 0. The van der Waals surface area contributed by atoms with E-state index >= 15 is 0 Å². The normalized spacial score (nSPS) is 15.9. The molecule has 0 aliphatic heterocycles. The van der Waals surface area contributed by atoms with E-state index in [2.05, 4.69) is 12.2 Å². The molecule has 0 radical (unpaired) electrons. The van der Waals surface area contributed by atoms with Gasteiger partial charge in [-0.1, -0.05) is 50.2 Å². The number of benzene rings is 1. The van der Waals surface area contributed by atoms with E-state index in [1.165, 1.54) is 19.3 Å². The second-order valence-corrected chi connectivity index (χ2v) is 6.31. The van der Waals surface area contributed by atoms with Crippen LogP contribution in [0.2, 0.25) is 0 Å². The molecule has 3 N–H and O–H groups in total. The fourth-order valence-electron chi connectivity index (χ4n) is 2.69. The Labute approximate surface area is 130 Å². The zero-order valence-corrected chi connectivity index (χ0v) is 13.1. The van der Waals surface area contributed by atoms with E-state index in [1.54, 1.807) is 0 Å². The summed E-state index contributed by atoms with van der Waals surface area (Å²) in [5.41, 5.74) is 7.71. The Bertz CT molecular complexity index is 664. The summed E-state index contributed by atoms with van der Waals surface area (Å²) in [4.78, 5) is 5.13. The van der Waals surface area contributed by atoms with Crippen molar-refractivity contribution in [3.63, 3.8) is 0 Å². The monoisotopic (exact) mass is 299 g/mol. The predicted molar refractivity (Wildman–Crippen MR) is 92.7 cm³/mol. The molecule has 1 atom stereocenters. The Hall–Kier alpha value is -1.68. The second kappa shape index (κ2) is 5.98. The van der Waals surface area contributed by atoms with E-state index in [4.69, 9.17) is 22.9 Å². The van der Waals surface area contributed by atoms with Crippen LogP contribution in [-0.4, -0.2) is 16.0 Å². The molecule has 3 nitrogen and oxygen atoms in total. The molecule has 0 amide bonds. The Kier molecular flexibility index (Phi) is 4.06. The minimum Gasteiger partial charge on any atom is -0.389 e. The average molecular weight is 299 g/mol. The van der Waals surface area contributed by atoms with Gasteiger partial charge in [0.1, 0.15) is 10.8 Å². The Morgan fingerprint density at radius 3 is 2.86 bits per heavy atom. The summed E-state index contributed by atoms with van der Waals surface area (Å²) in [6.45, 7) is 2.21. The number of nitrogens with two attached hydrogens (primary N) is 1. The smallest absolute Gasteiger partial charge is 0.137 e. The highest BCUT2D eigenvalue weighted by molar-refractivity contribution is 7.80. The first kappa shape index (κ1) is 14.3. The highest BCUT2D eigenvalue weighted by atomic mass is 32.1. The van der Waals surface area contributed by atoms with Crippen LogP contribution in [0.5, 0.6) is 0 Å². The maximum atomic E-state index is 5.89. The third-order valence-electron chi connectivity index (χ3n) is 4.14. The Balaban J connectivity index is 1.94. The number of fused-ring (bicyclic) bond motifs is 1. The van der Waals surface area contributed by atoms with Crippen LogP contribution in [0.15, 0.2) is 30.3 Å². The van der Waals surface area contributed by atoms with Gasteiger partial charge in [-0.3, -0.25) is 0 Å². The SMILES string of the molecule is CCC(CC1CC1)Nc1nc2ccccc2cc1C(N)=S. The fourth-order valence-corrected chi connectivity index (χ4v) is 2.85. The van der Waals surface area contributed by atoms with Gasteiger partial charge in [0.05, 0.1) is 11.1 Å². The van der Waals surface area contributed by atoms with Crippen LogP contribution in [0.4, 0.5) is 5.82 Å². The number of hydrogen-bond donors (Lipinski definition) is 2. The van der Waals surface area contributed by atoms with Gasteiger partial charge in [0.2, 0.25) is 0 Å². The summed E-state index contributed by atoms with van der Waals surface area (Å²) >= 11 is 5.20. The fraction of sp³-hybridized carbons (Fsp3) is 0.412. The third kappa shape index (κ3) is 3.32. The molecule has 1 unspecified atom stereocenters. The van der Waals surface area contributed by atoms with E-state index < -0.39 is 0 Å². The van der Waals surface area contributed by atoms with E-state index in [0.29, 0.717) is 11.0 Å². The number of aromatic nitrogens is 1. The number of rotatable bonds is 6. The average Bonchev–Trinajstić information content (AvgIpc) is 3.29. The molecule has 21 heavy (non-hydrogen) atoms. The van der Waals surface area contributed by atoms with Gasteiger partial charge in [0.15, 0.2) is 0 Å². The molecule has 1 fully saturated rings. The maximum absolute atomic E-state index is 5.89. The molecule has 110 valence electrons. The summed E-state index contributed by atoms with van der Waals surface area (Å²) in [6.07, 6.45) is 5.03. The molecule has 1 aliphatic carbocycles. The molecule has 1 saturated carbocycles. The van der Waals surface area contributed by atoms with Crippen LogP contribution in [0.25, 0.3) is 10.9 Å². The van der Waals surface area contributed by atoms with Gasteiger partial charge in [0.25, 0.3) is 0 Å². The van der Waals surface area contributed by atoms with Crippen molar-refractivity contribution in [1.82, 2.24) is 4.98 Å². The largest absolute Gasteiger partial charge is 0.389 e. The van der Waals surface area contributed by atoms with Crippen molar-refractivity contribution in [3.05, 3.63) is 35.9 Å². The van der Waals surface area contributed by atoms with Crippen molar-refractivity contribution in [2.24, 2.45) is 11.7 Å². The molecule has 4 heteroatoms. The summed E-state index contributed by atoms with van der Waals surface area (Å²) in [6, 6.07) is 10.5. The number of thiocarbonyl (C=S) groups is 1. The van der Waals surface area contributed by atoms with Crippen molar-refractivity contribution in [2.75, 3.05) is 5.32 Å². The number of pyridine rings is 1. The van der Waals surface area contributed by atoms with Gasteiger partial charge in [0, 0.05) is 11.4 Å². The van der Waals surface area contributed by atoms with Crippen molar-refractivity contribution < 1.29 is 0 Å². The van der Waals surface area contributed by atoms with E-state index in [9.17, 15) is 0 Å². The molecule has 0 bridgehead atoms. The maximum Gasteiger partial charge on any atom is 0.137 e. The number of nitrogens with one attached hydrogen (secondary N) is 1. The van der Waals surface area contributed by atoms with Crippen LogP contribution in [0.3, 0.4) is 0 Å². The number of anilines is 1. The summed E-state index contributed by atoms with van der Waals surface area (Å²) in [5.74, 6) is 1.71. The molecule has 0 saturated heterocycles. The van der Waals surface area contributed by atoms with E-state index in [-0.39, 0.29) is 0 Å². The molecule has 1 aromatic heterocycles. The van der Waals surface area contributed by atoms with Gasteiger partial charge < -0.3 is 11.1 Å². The quantitative estimate of drug-likeness (QED) is 0.795. The van der Waals surface area contributed by atoms with Gasteiger partial charge in [-0.05, 0) is 30.9 Å². The number of hydrogen-bond acceptors (Lipinski definition) is 3. The summed E-state index contributed by atoms with van der Waals surface area (Å²) in [7, 11) is 0. The zero-order valence-electron chi connectivity index (χ0n) is 12.3. The highest BCUT2D eigenvalue weighted by Crippen LogP contribution is 2.35. The first-order chi connectivity index (χ1) is 10.2. The standard InChI is InChI=1S/C17H21N3S/c1-2-13(9-11-7-8-11)19-17-14(16(18)21)10-12-5-3-4-6-15(12)20-17/h3-6,10-11,13H,2,7-9H2,1H3,(H2,18,21)(H,19,20). The molecular formula is C17H21N3S. The first-order valence-electron chi connectivity index (χ1n) is 7.63. The van der Waals surface area contributed by atoms with Crippen molar-refractivity contribution in [1.29, 1.82) is 0 Å². The highest BCUT2D eigenvalue weighted by Gasteiger charge is 2.25. The Morgan fingerprint density at radius 2 is 2.19 bits per heavy atom. The van der Waals surface area contributed by atoms with Crippen LogP contribution in [-0.2, 0) is 0 Å². The second-order valence-electron chi connectivity index (χ2n) is 5.87. The molecule has 1 aliphatic rings. The van der Waals surface area contributed by atoms with Crippen LogP contribution >= 0.6 is 12.2 Å². The number of nitrogens with zero attached hydrogens (tertiary/aromatic N) is 1. The first-order valence-corrected chi connectivity index (χ1v) is 8.04. The van der Waals surface area contributed by atoms with Gasteiger partial charge in [-0.2, -0.15) is 0 Å². The topological polar surface area (TPSA) is 50.9 Å². The lowest BCUT2D eigenvalue weighted by atomic mass is 10.1. The molecule has 1 heterocycles. The van der Waals surface area contributed by atoms with Crippen LogP contribution < -0.4 is 11.1 Å². The van der Waals surface area contributed by atoms with Gasteiger partial charge in [-0.15, -0.1) is 0 Å². The minimum atomic E-state index is 0.400. The summed E-state index contributed by atoms with van der Waals surface area (Å²) in [5, 5.41) is 4.63. The number of para-hydroxylation sites is 1. The van der Waals surface area contributed by atoms with Gasteiger partial charge >= 0.3 is 0 Å². The molecule has 2 aromatic rings. The molecular weight excluding hydrogens is 278 g/mol. The minimum absolute atomic E-state index is 0.400. The molecule has 0 spiro atoms. The lowest BCUT2D eigenvalue weighted by Crippen LogP contribution is -2.23. The molecule has 1 aromatic carbocycles. The van der Waals surface area contributed by atoms with E-state index in [0.717, 1.165) is 34.6 Å². The molecule has 3 rings (SSSR count). The van der Waals surface area contributed by atoms with Crippen molar-refractivity contribution in [3.8, 4) is 0 Å². The van der Waals surface area contributed by atoms with Gasteiger partial charge in [-0.25, -0.2) is 4.98 Å². The van der Waals surface area contributed by atoms with Crippen molar-refractivity contribution in [2.45, 2.75) is 38.6 Å².